The van der Waals surface area contributed by atoms with E-state index in [-0.39, 0.29) is 22.5 Å². The predicted octanol–water partition coefficient (Wildman–Crippen LogP) is 0.956. The summed E-state index contributed by atoms with van der Waals surface area (Å²) >= 11 is 0. The van der Waals surface area contributed by atoms with Gasteiger partial charge in [-0.05, 0) is 17.5 Å². The number of benzene rings is 2. The largest absolute Gasteiger partial charge is 0.507 e. The van der Waals surface area contributed by atoms with Crippen molar-refractivity contribution < 1.29 is 18.1 Å². The molecule has 0 unspecified atom stereocenters. The maximum atomic E-state index is 11.0. The van der Waals surface area contributed by atoms with Crippen LogP contribution in [0, 0.1) is 0 Å². The summed E-state index contributed by atoms with van der Waals surface area (Å²) in [5.41, 5.74) is 11.7. The highest BCUT2D eigenvalue weighted by atomic mass is 32.2. The first-order valence-corrected chi connectivity index (χ1v) is 6.03. The van der Waals surface area contributed by atoms with Crippen LogP contribution in [0.3, 0.4) is 0 Å². The topological polar surface area (TPSA) is 127 Å². The second-order valence-corrected chi connectivity index (χ2v) is 5.01. The van der Waals surface area contributed by atoms with Crippen LogP contribution < -0.4 is 11.5 Å². The fourth-order valence-electron chi connectivity index (χ4n) is 1.61. The Morgan fingerprint density at radius 1 is 1.12 bits per heavy atom. The summed E-state index contributed by atoms with van der Waals surface area (Å²) in [6, 6.07) is 5.13. The highest BCUT2D eigenvalue weighted by Crippen LogP contribution is 2.35. The zero-order chi connectivity index (χ0) is 12.8. The van der Waals surface area contributed by atoms with E-state index in [1.165, 1.54) is 18.2 Å². The van der Waals surface area contributed by atoms with Crippen molar-refractivity contribution in [1.82, 2.24) is 0 Å². The SMILES string of the molecule is Nc1ccc2cc(S(=O)(=O)O)cc(O)c2c1N. The minimum atomic E-state index is -4.37. The lowest BCUT2D eigenvalue weighted by atomic mass is 10.1. The molecule has 6 nitrogen and oxygen atoms in total. The van der Waals surface area contributed by atoms with E-state index in [9.17, 15) is 13.5 Å². The highest BCUT2D eigenvalue weighted by Gasteiger charge is 2.15. The van der Waals surface area contributed by atoms with Gasteiger partial charge in [0.1, 0.15) is 5.75 Å². The molecular weight excluding hydrogens is 244 g/mol. The second kappa shape index (κ2) is 3.51. The number of hydrogen-bond acceptors (Lipinski definition) is 5. The maximum absolute atomic E-state index is 11.0. The molecule has 90 valence electrons. The third kappa shape index (κ3) is 1.85. The molecule has 0 aliphatic rings. The van der Waals surface area contributed by atoms with Crippen molar-refractivity contribution in [1.29, 1.82) is 0 Å². The van der Waals surface area contributed by atoms with E-state index in [1.807, 2.05) is 0 Å². The molecule has 0 bridgehead atoms. The zero-order valence-electron chi connectivity index (χ0n) is 8.58. The van der Waals surface area contributed by atoms with Gasteiger partial charge in [-0.3, -0.25) is 4.55 Å². The van der Waals surface area contributed by atoms with Crippen molar-refractivity contribution in [3.63, 3.8) is 0 Å². The van der Waals surface area contributed by atoms with Gasteiger partial charge in [-0.2, -0.15) is 8.42 Å². The molecule has 17 heavy (non-hydrogen) atoms. The molecule has 0 amide bonds. The smallest absolute Gasteiger partial charge is 0.294 e. The number of phenols is 1. The van der Waals surface area contributed by atoms with Crippen molar-refractivity contribution in [3.05, 3.63) is 24.3 Å². The summed E-state index contributed by atoms with van der Waals surface area (Å²) in [7, 11) is -4.37. The van der Waals surface area contributed by atoms with Crippen molar-refractivity contribution in [2.75, 3.05) is 11.5 Å². The quantitative estimate of drug-likeness (QED) is 0.443. The van der Waals surface area contributed by atoms with Crippen LogP contribution in [0.2, 0.25) is 0 Å². The Balaban J connectivity index is 2.91. The van der Waals surface area contributed by atoms with Crippen LogP contribution in [0.15, 0.2) is 29.2 Å². The number of nitrogen functional groups attached to an aromatic ring is 2. The normalized spacial score (nSPS) is 11.8. The Morgan fingerprint density at radius 3 is 2.35 bits per heavy atom. The Kier molecular flexibility index (Phi) is 2.37. The van der Waals surface area contributed by atoms with Crippen molar-refractivity contribution >= 4 is 32.3 Å². The molecule has 0 radical (unpaired) electrons. The molecule has 0 atom stereocenters. The molecule has 2 aromatic carbocycles. The molecule has 0 saturated carbocycles. The average molecular weight is 254 g/mol. The van der Waals surface area contributed by atoms with Crippen molar-refractivity contribution in [3.8, 4) is 5.75 Å². The van der Waals surface area contributed by atoms with Crippen molar-refractivity contribution in [2.45, 2.75) is 4.90 Å². The molecule has 0 aliphatic carbocycles. The lowest BCUT2D eigenvalue weighted by molar-refractivity contribution is 0.471. The third-order valence-electron chi connectivity index (χ3n) is 2.44. The molecule has 0 aliphatic heterocycles. The summed E-state index contributed by atoms with van der Waals surface area (Å²) in [5, 5.41) is 10.4. The zero-order valence-corrected chi connectivity index (χ0v) is 9.40. The van der Waals surface area contributed by atoms with Gasteiger partial charge in [0.25, 0.3) is 10.1 Å². The summed E-state index contributed by atoms with van der Waals surface area (Å²) in [6.45, 7) is 0. The molecule has 6 N–H and O–H groups in total. The first kappa shape index (κ1) is 11.5. The van der Waals surface area contributed by atoms with Gasteiger partial charge in [0.15, 0.2) is 0 Å². The fourth-order valence-corrected chi connectivity index (χ4v) is 2.15. The minimum absolute atomic E-state index is 0.168. The van der Waals surface area contributed by atoms with Crippen LogP contribution in [-0.2, 0) is 10.1 Å². The summed E-state index contributed by atoms with van der Waals surface area (Å²) in [4.78, 5) is -0.397. The van der Waals surface area contributed by atoms with Crippen LogP contribution in [0.5, 0.6) is 5.75 Å². The standard InChI is InChI=1S/C10H10N2O4S/c11-7-2-1-5-3-6(17(14,15)16)4-8(13)9(5)10(7)12/h1-4,13H,11-12H2,(H,14,15,16). The number of nitrogens with two attached hydrogens (primary N) is 2. The molecule has 2 rings (SSSR count). The van der Waals surface area contributed by atoms with E-state index in [0.717, 1.165) is 6.07 Å². The first-order chi connectivity index (χ1) is 7.80. The Labute approximate surface area is 97.2 Å². The molecule has 0 fully saturated rings. The van der Waals surface area contributed by atoms with Gasteiger partial charge in [0.05, 0.1) is 16.3 Å². The van der Waals surface area contributed by atoms with Gasteiger partial charge in [0.2, 0.25) is 0 Å². The Morgan fingerprint density at radius 2 is 1.76 bits per heavy atom. The first-order valence-electron chi connectivity index (χ1n) is 4.59. The second-order valence-electron chi connectivity index (χ2n) is 3.58. The predicted molar refractivity (Wildman–Crippen MR) is 64.3 cm³/mol. The number of fused-ring (bicyclic) bond motifs is 1. The van der Waals surface area contributed by atoms with Gasteiger partial charge >= 0.3 is 0 Å². The number of aromatic hydroxyl groups is 1. The van der Waals surface area contributed by atoms with Gasteiger partial charge in [-0.15, -0.1) is 0 Å². The molecular formula is C10H10N2O4S. The van der Waals surface area contributed by atoms with Crippen LogP contribution in [0.1, 0.15) is 0 Å². The summed E-state index contributed by atoms with van der Waals surface area (Å²) in [5.74, 6) is -0.347. The van der Waals surface area contributed by atoms with E-state index < -0.39 is 15.0 Å². The van der Waals surface area contributed by atoms with Gasteiger partial charge in [-0.1, -0.05) is 6.07 Å². The monoisotopic (exact) mass is 254 g/mol. The molecule has 0 spiro atoms. The van der Waals surface area contributed by atoms with Crippen LogP contribution >= 0.6 is 0 Å². The van der Waals surface area contributed by atoms with Crippen LogP contribution in [0.25, 0.3) is 10.8 Å². The lowest BCUT2D eigenvalue weighted by Gasteiger charge is -2.08. The van der Waals surface area contributed by atoms with E-state index >= 15 is 0 Å². The molecule has 0 saturated heterocycles. The lowest BCUT2D eigenvalue weighted by Crippen LogP contribution is -2.00. The maximum Gasteiger partial charge on any atom is 0.294 e. The number of phenolic OH excluding ortho intramolecular Hbond substituents is 1. The number of anilines is 2. The highest BCUT2D eigenvalue weighted by molar-refractivity contribution is 7.85. The minimum Gasteiger partial charge on any atom is -0.507 e. The molecule has 7 heteroatoms. The Hall–Kier alpha value is -1.99. The summed E-state index contributed by atoms with van der Waals surface area (Å²) in [6.07, 6.45) is 0. The van der Waals surface area contributed by atoms with Gasteiger partial charge in [-0.25, -0.2) is 0 Å². The van der Waals surface area contributed by atoms with E-state index in [1.54, 1.807) is 0 Å². The third-order valence-corrected chi connectivity index (χ3v) is 3.27. The Bertz CT molecular complexity index is 710. The number of rotatable bonds is 1. The van der Waals surface area contributed by atoms with E-state index in [0.29, 0.717) is 5.39 Å². The summed E-state index contributed by atoms with van der Waals surface area (Å²) < 4.78 is 30.8. The average Bonchev–Trinajstić information content (AvgIpc) is 2.21. The fraction of sp³-hybridized carbons (Fsp3) is 0. The van der Waals surface area contributed by atoms with Gasteiger partial charge < -0.3 is 16.6 Å². The van der Waals surface area contributed by atoms with Gasteiger partial charge in [0, 0.05) is 11.5 Å². The molecule has 2 aromatic rings. The molecule has 0 heterocycles. The number of hydrogen-bond donors (Lipinski definition) is 4. The van der Waals surface area contributed by atoms with E-state index in [2.05, 4.69) is 0 Å². The van der Waals surface area contributed by atoms with Crippen molar-refractivity contribution in [2.24, 2.45) is 0 Å². The molecule has 0 aromatic heterocycles. The van der Waals surface area contributed by atoms with Crippen LogP contribution in [0.4, 0.5) is 11.4 Å². The van der Waals surface area contributed by atoms with E-state index in [4.69, 9.17) is 16.0 Å². The van der Waals surface area contributed by atoms with Crippen LogP contribution in [-0.4, -0.2) is 18.1 Å².